The predicted molar refractivity (Wildman–Crippen MR) is 117 cm³/mol. The Morgan fingerprint density at radius 1 is 1.21 bits per heavy atom. The highest BCUT2D eigenvalue weighted by Gasteiger charge is 2.18. The Bertz CT molecular complexity index is 892. The van der Waals surface area contributed by atoms with Crippen molar-refractivity contribution in [3.63, 3.8) is 0 Å². The summed E-state index contributed by atoms with van der Waals surface area (Å²) in [6, 6.07) is 5.67. The fourth-order valence-electron chi connectivity index (χ4n) is 2.65. The number of anilines is 2. The van der Waals surface area contributed by atoms with Crippen LogP contribution in [0.5, 0.6) is 0 Å². The summed E-state index contributed by atoms with van der Waals surface area (Å²) in [6.45, 7) is 6.19. The maximum Gasteiger partial charge on any atom is 0.232 e. The van der Waals surface area contributed by atoms with Gasteiger partial charge in [0.05, 0.1) is 11.9 Å². The van der Waals surface area contributed by atoms with E-state index < -0.39 is 10.0 Å². The largest absolute Gasteiger partial charge is 0.301 e. The average molecular weight is 443 g/mol. The minimum Gasteiger partial charge on any atom is -0.301 e. The summed E-state index contributed by atoms with van der Waals surface area (Å²) in [5.41, 5.74) is 2.62. The molecule has 1 aromatic carbocycles. The molecule has 0 spiro atoms. The molecule has 2 rings (SSSR count). The molecule has 1 aromatic heterocycles. The van der Waals surface area contributed by atoms with Crippen LogP contribution in [0.2, 0.25) is 0 Å². The smallest absolute Gasteiger partial charge is 0.232 e. The number of amides is 1. The van der Waals surface area contributed by atoms with Gasteiger partial charge in [0.15, 0.2) is 4.34 Å². The molecule has 0 aliphatic carbocycles. The second-order valence-corrected chi connectivity index (χ2v) is 10.8. The van der Waals surface area contributed by atoms with Crippen LogP contribution in [-0.2, 0) is 14.8 Å². The summed E-state index contributed by atoms with van der Waals surface area (Å²) in [5.74, 6) is 0.763. The zero-order chi connectivity index (χ0) is 20.7. The minimum absolute atomic E-state index is 0.197. The second-order valence-electron chi connectivity index (χ2n) is 6.55. The van der Waals surface area contributed by atoms with Crippen molar-refractivity contribution < 1.29 is 13.2 Å². The number of hydrogen-bond acceptors (Lipinski definition) is 7. The summed E-state index contributed by atoms with van der Waals surface area (Å²) in [4.78, 5) is 12.2. The first-order chi connectivity index (χ1) is 13.2. The van der Waals surface area contributed by atoms with Crippen molar-refractivity contribution in [2.45, 2.75) is 44.4 Å². The van der Waals surface area contributed by atoms with Crippen LogP contribution in [0.1, 0.15) is 37.3 Å². The van der Waals surface area contributed by atoms with E-state index in [1.54, 1.807) is 11.8 Å². The molecule has 0 radical (unpaired) electrons. The number of carbonyl (C=O) groups excluding carboxylic acids is 1. The quantitative estimate of drug-likeness (QED) is 0.444. The molecule has 10 heteroatoms. The Morgan fingerprint density at radius 3 is 2.50 bits per heavy atom. The maximum atomic E-state index is 12.2. The van der Waals surface area contributed by atoms with Gasteiger partial charge in [-0.3, -0.25) is 9.10 Å². The van der Waals surface area contributed by atoms with E-state index in [0.29, 0.717) is 17.2 Å². The first-order valence-corrected chi connectivity index (χ1v) is 12.7. The van der Waals surface area contributed by atoms with Crippen molar-refractivity contribution in [1.29, 1.82) is 0 Å². The molecule has 0 atom stereocenters. The van der Waals surface area contributed by atoms with E-state index in [-0.39, 0.29) is 18.9 Å². The van der Waals surface area contributed by atoms with Crippen molar-refractivity contribution in [2.75, 3.05) is 28.2 Å². The normalized spacial score (nSPS) is 11.4. The Labute approximate surface area is 175 Å². The topological polar surface area (TPSA) is 92.3 Å². The molecular weight excluding hydrogens is 416 g/mol. The first-order valence-electron chi connectivity index (χ1n) is 9.01. The lowest BCUT2D eigenvalue weighted by atomic mass is 10.1. The molecular formula is C18H26N4O3S3. The zero-order valence-corrected chi connectivity index (χ0v) is 19.0. The van der Waals surface area contributed by atoms with E-state index in [2.05, 4.69) is 22.4 Å². The fourth-order valence-corrected chi connectivity index (χ4v) is 5.30. The maximum absolute atomic E-state index is 12.2. The molecule has 1 heterocycles. The molecule has 0 unspecified atom stereocenters. The van der Waals surface area contributed by atoms with Crippen LogP contribution in [0.3, 0.4) is 0 Å². The van der Waals surface area contributed by atoms with Gasteiger partial charge in [-0.15, -0.1) is 10.2 Å². The number of rotatable bonds is 10. The summed E-state index contributed by atoms with van der Waals surface area (Å²) in [5, 5.41) is 11.2. The van der Waals surface area contributed by atoms with Gasteiger partial charge in [0, 0.05) is 18.7 Å². The second kappa shape index (κ2) is 10.2. The third kappa shape index (κ3) is 7.06. The van der Waals surface area contributed by atoms with Crippen LogP contribution in [0.15, 0.2) is 22.5 Å². The number of nitrogens with zero attached hydrogens (tertiary/aromatic N) is 3. The molecule has 0 aliphatic heterocycles. The van der Waals surface area contributed by atoms with Crippen LogP contribution in [-0.4, -0.2) is 43.1 Å². The van der Waals surface area contributed by atoms with Crippen molar-refractivity contribution >= 4 is 49.8 Å². The Hall–Kier alpha value is -1.65. The van der Waals surface area contributed by atoms with Gasteiger partial charge in [0.25, 0.3) is 0 Å². The van der Waals surface area contributed by atoms with Crippen molar-refractivity contribution in [1.82, 2.24) is 10.2 Å². The lowest BCUT2D eigenvalue weighted by molar-refractivity contribution is -0.116. The van der Waals surface area contributed by atoms with E-state index in [1.807, 2.05) is 32.0 Å². The molecule has 0 fully saturated rings. The van der Waals surface area contributed by atoms with Gasteiger partial charge >= 0.3 is 0 Å². The summed E-state index contributed by atoms with van der Waals surface area (Å²) < 4.78 is 26.6. The van der Waals surface area contributed by atoms with Crippen LogP contribution in [0, 0.1) is 13.8 Å². The molecule has 1 N–H and O–H groups in total. The lowest BCUT2D eigenvalue weighted by Crippen LogP contribution is -2.31. The Kier molecular flexibility index (Phi) is 8.26. The van der Waals surface area contributed by atoms with Crippen LogP contribution in [0.4, 0.5) is 10.8 Å². The SMILES string of the molecule is CCCSc1nnc(NC(=O)CCCN(c2cc(C)cc(C)c2)S(C)(=O)=O)s1. The van der Waals surface area contributed by atoms with Gasteiger partial charge in [0.2, 0.25) is 21.1 Å². The highest BCUT2D eigenvalue weighted by atomic mass is 32.2. The monoisotopic (exact) mass is 442 g/mol. The number of sulfonamides is 1. The third-order valence-corrected chi connectivity index (χ3v) is 7.11. The third-order valence-electron chi connectivity index (χ3n) is 3.74. The van der Waals surface area contributed by atoms with Crippen LogP contribution in [0.25, 0.3) is 0 Å². The van der Waals surface area contributed by atoms with E-state index in [1.165, 1.54) is 21.9 Å². The van der Waals surface area contributed by atoms with Gasteiger partial charge in [-0.25, -0.2) is 8.42 Å². The highest BCUT2D eigenvalue weighted by molar-refractivity contribution is 8.01. The molecule has 28 heavy (non-hydrogen) atoms. The number of hydrogen-bond donors (Lipinski definition) is 1. The molecule has 7 nitrogen and oxygen atoms in total. The number of nitrogens with one attached hydrogen (secondary N) is 1. The minimum atomic E-state index is -3.44. The number of aromatic nitrogens is 2. The van der Waals surface area contributed by atoms with Gasteiger partial charge in [-0.1, -0.05) is 36.1 Å². The fraction of sp³-hybridized carbons (Fsp3) is 0.500. The molecule has 2 aromatic rings. The average Bonchev–Trinajstić information content (AvgIpc) is 3.02. The first kappa shape index (κ1) is 22.6. The van der Waals surface area contributed by atoms with E-state index >= 15 is 0 Å². The molecule has 0 aliphatic rings. The van der Waals surface area contributed by atoms with Gasteiger partial charge in [0.1, 0.15) is 0 Å². The van der Waals surface area contributed by atoms with E-state index in [9.17, 15) is 13.2 Å². The van der Waals surface area contributed by atoms with Crippen molar-refractivity contribution in [3.8, 4) is 0 Å². The standard InChI is InChI=1S/C18H26N4O3S3/c1-5-9-26-18-21-20-17(27-18)19-16(23)7-6-8-22(28(4,24)25)15-11-13(2)10-14(3)12-15/h10-12H,5-9H2,1-4H3,(H,19,20,23). The summed E-state index contributed by atoms with van der Waals surface area (Å²) in [6.07, 6.45) is 2.83. The highest BCUT2D eigenvalue weighted by Crippen LogP contribution is 2.26. The zero-order valence-electron chi connectivity index (χ0n) is 16.6. The number of aryl methyl sites for hydroxylation is 2. The van der Waals surface area contributed by atoms with Crippen LogP contribution >= 0.6 is 23.1 Å². The van der Waals surface area contributed by atoms with Crippen molar-refractivity contribution in [3.05, 3.63) is 29.3 Å². The Balaban J connectivity index is 1.93. The molecule has 1 amide bonds. The number of thioether (sulfide) groups is 1. The summed E-state index contributed by atoms with van der Waals surface area (Å²) >= 11 is 2.96. The molecule has 154 valence electrons. The van der Waals surface area contributed by atoms with E-state index in [4.69, 9.17) is 0 Å². The molecule has 0 saturated heterocycles. The summed E-state index contributed by atoms with van der Waals surface area (Å²) in [7, 11) is -3.44. The molecule has 0 bridgehead atoms. The Morgan fingerprint density at radius 2 is 1.89 bits per heavy atom. The number of benzene rings is 1. The molecule has 0 saturated carbocycles. The van der Waals surface area contributed by atoms with E-state index in [0.717, 1.165) is 27.6 Å². The number of carbonyl (C=O) groups is 1. The van der Waals surface area contributed by atoms with Gasteiger partial charge in [-0.05, 0) is 49.9 Å². The van der Waals surface area contributed by atoms with Crippen molar-refractivity contribution in [2.24, 2.45) is 0 Å². The lowest BCUT2D eigenvalue weighted by Gasteiger charge is -2.23. The predicted octanol–water partition coefficient (Wildman–Crippen LogP) is 3.84. The van der Waals surface area contributed by atoms with Gasteiger partial charge in [-0.2, -0.15) is 0 Å². The van der Waals surface area contributed by atoms with Gasteiger partial charge < -0.3 is 5.32 Å². The van der Waals surface area contributed by atoms with Crippen LogP contribution < -0.4 is 9.62 Å².